The lowest BCUT2D eigenvalue weighted by atomic mass is 10.1. The molecule has 0 aliphatic carbocycles. The van der Waals surface area contributed by atoms with E-state index in [2.05, 4.69) is 53.4 Å². The second-order valence-electron chi connectivity index (χ2n) is 5.38. The number of aromatic nitrogens is 1. The van der Waals surface area contributed by atoms with Gasteiger partial charge in [0.2, 0.25) is 0 Å². The third kappa shape index (κ3) is 2.28. The summed E-state index contributed by atoms with van der Waals surface area (Å²) < 4.78 is 0. The first-order valence-corrected chi connectivity index (χ1v) is 7.36. The highest BCUT2D eigenvalue weighted by molar-refractivity contribution is 5.86. The first-order chi connectivity index (χ1) is 9.33. The van der Waals surface area contributed by atoms with E-state index in [1.54, 1.807) is 0 Å². The van der Waals surface area contributed by atoms with Crippen molar-refractivity contribution in [3.8, 4) is 0 Å². The molecule has 0 amide bonds. The van der Waals surface area contributed by atoms with Gasteiger partial charge in [0.15, 0.2) is 0 Å². The van der Waals surface area contributed by atoms with E-state index in [1.807, 2.05) is 0 Å². The SMILES string of the molecule is CCc1cccc2c(CN(CC)C3CNC3)c[nH]c12. The number of likely N-dealkylation sites (N-methyl/N-ethyl adjacent to an activating group) is 1. The predicted octanol–water partition coefficient (Wildman–Crippen LogP) is 2.52. The first kappa shape index (κ1) is 12.7. The zero-order valence-corrected chi connectivity index (χ0v) is 11.9. The van der Waals surface area contributed by atoms with E-state index in [4.69, 9.17) is 0 Å². The third-order valence-corrected chi connectivity index (χ3v) is 4.32. The Morgan fingerprint density at radius 2 is 2.05 bits per heavy atom. The molecule has 1 aromatic carbocycles. The Balaban J connectivity index is 1.88. The first-order valence-electron chi connectivity index (χ1n) is 7.36. The van der Waals surface area contributed by atoms with Crippen LogP contribution >= 0.6 is 0 Å². The summed E-state index contributed by atoms with van der Waals surface area (Å²) in [4.78, 5) is 6.04. The Kier molecular flexibility index (Phi) is 3.58. The van der Waals surface area contributed by atoms with E-state index >= 15 is 0 Å². The number of rotatable bonds is 5. The minimum Gasteiger partial charge on any atom is -0.361 e. The van der Waals surface area contributed by atoms with Crippen molar-refractivity contribution in [1.82, 2.24) is 15.2 Å². The number of H-pyrrole nitrogens is 1. The molecule has 1 saturated heterocycles. The summed E-state index contributed by atoms with van der Waals surface area (Å²) in [5.41, 5.74) is 4.17. The number of aryl methyl sites for hydroxylation is 1. The Hall–Kier alpha value is -1.32. The van der Waals surface area contributed by atoms with Gasteiger partial charge in [-0.25, -0.2) is 0 Å². The van der Waals surface area contributed by atoms with Gasteiger partial charge in [-0.05, 0) is 24.1 Å². The fraction of sp³-hybridized carbons (Fsp3) is 0.500. The number of hydrogen-bond acceptors (Lipinski definition) is 2. The second kappa shape index (κ2) is 5.35. The number of para-hydroxylation sites is 1. The lowest BCUT2D eigenvalue weighted by molar-refractivity contribution is 0.146. The van der Waals surface area contributed by atoms with Gasteiger partial charge in [-0.2, -0.15) is 0 Å². The van der Waals surface area contributed by atoms with Crippen molar-refractivity contribution in [3.63, 3.8) is 0 Å². The van der Waals surface area contributed by atoms with Crippen LogP contribution in [0.1, 0.15) is 25.0 Å². The maximum atomic E-state index is 3.47. The lowest BCUT2D eigenvalue weighted by Gasteiger charge is -2.37. The largest absolute Gasteiger partial charge is 0.361 e. The second-order valence-corrected chi connectivity index (χ2v) is 5.38. The summed E-state index contributed by atoms with van der Waals surface area (Å²) >= 11 is 0. The van der Waals surface area contributed by atoms with Crippen LogP contribution in [0.5, 0.6) is 0 Å². The van der Waals surface area contributed by atoms with E-state index in [1.165, 1.54) is 22.0 Å². The molecule has 0 spiro atoms. The zero-order valence-electron chi connectivity index (χ0n) is 11.9. The van der Waals surface area contributed by atoms with Crippen LogP contribution in [0.4, 0.5) is 0 Å². The van der Waals surface area contributed by atoms with Gasteiger partial charge in [0.25, 0.3) is 0 Å². The average Bonchev–Trinajstić information content (AvgIpc) is 2.79. The van der Waals surface area contributed by atoms with Gasteiger partial charge < -0.3 is 10.3 Å². The van der Waals surface area contributed by atoms with Crippen molar-refractivity contribution in [2.45, 2.75) is 32.9 Å². The van der Waals surface area contributed by atoms with E-state index in [-0.39, 0.29) is 0 Å². The predicted molar refractivity (Wildman–Crippen MR) is 80.4 cm³/mol. The Morgan fingerprint density at radius 3 is 2.68 bits per heavy atom. The van der Waals surface area contributed by atoms with Crippen LogP contribution in [0.3, 0.4) is 0 Å². The number of nitrogens with zero attached hydrogens (tertiary/aromatic N) is 1. The zero-order chi connectivity index (χ0) is 13.2. The Morgan fingerprint density at radius 1 is 1.21 bits per heavy atom. The molecule has 1 aromatic heterocycles. The van der Waals surface area contributed by atoms with Gasteiger partial charge in [0, 0.05) is 42.8 Å². The van der Waals surface area contributed by atoms with Crippen molar-refractivity contribution >= 4 is 10.9 Å². The van der Waals surface area contributed by atoms with Crippen molar-refractivity contribution in [1.29, 1.82) is 0 Å². The molecule has 3 heteroatoms. The minimum absolute atomic E-state index is 0.712. The number of fused-ring (bicyclic) bond motifs is 1. The van der Waals surface area contributed by atoms with Crippen molar-refractivity contribution < 1.29 is 0 Å². The molecule has 0 atom stereocenters. The smallest absolute Gasteiger partial charge is 0.0489 e. The minimum atomic E-state index is 0.712. The fourth-order valence-electron chi connectivity index (χ4n) is 2.95. The summed E-state index contributed by atoms with van der Waals surface area (Å²) in [6.45, 7) is 8.91. The molecule has 0 bridgehead atoms. The van der Waals surface area contributed by atoms with Crippen molar-refractivity contribution in [2.75, 3.05) is 19.6 Å². The summed E-state index contributed by atoms with van der Waals surface area (Å²) in [6, 6.07) is 7.35. The summed E-state index contributed by atoms with van der Waals surface area (Å²) in [5, 5.41) is 4.76. The molecule has 2 heterocycles. The molecule has 2 aromatic rings. The molecule has 2 N–H and O–H groups in total. The summed E-state index contributed by atoms with van der Waals surface area (Å²) in [7, 11) is 0. The molecule has 3 nitrogen and oxygen atoms in total. The number of hydrogen-bond donors (Lipinski definition) is 2. The summed E-state index contributed by atoms with van der Waals surface area (Å²) in [5.74, 6) is 0. The molecule has 0 saturated carbocycles. The molecule has 1 aliphatic heterocycles. The quantitative estimate of drug-likeness (QED) is 0.862. The fourth-order valence-corrected chi connectivity index (χ4v) is 2.95. The van der Waals surface area contributed by atoms with Crippen LogP contribution in [0.15, 0.2) is 24.4 Å². The maximum absolute atomic E-state index is 3.47. The van der Waals surface area contributed by atoms with Crippen LogP contribution in [0.25, 0.3) is 10.9 Å². The van der Waals surface area contributed by atoms with Crippen molar-refractivity contribution in [3.05, 3.63) is 35.5 Å². The molecule has 0 radical (unpaired) electrons. The molecular weight excluding hydrogens is 234 g/mol. The monoisotopic (exact) mass is 257 g/mol. The van der Waals surface area contributed by atoms with Crippen LogP contribution in [-0.2, 0) is 13.0 Å². The van der Waals surface area contributed by atoms with E-state index in [0.717, 1.165) is 32.6 Å². The van der Waals surface area contributed by atoms with Gasteiger partial charge in [-0.3, -0.25) is 4.90 Å². The molecule has 19 heavy (non-hydrogen) atoms. The highest BCUT2D eigenvalue weighted by Gasteiger charge is 2.23. The van der Waals surface area contributed by atoms with E-state index in [0.29, 0.717) is 6.04 Å². The highest BCUT2D eigenvalue weighted by atomic mass is 15.2. The van der Waals surface area contributed by atoms with Gasteiger partial charge in [0.05, 0.1) is 0 Å². The lowest BCUT2D eigenvalue weighted by Crippen LogP contribution is -2.56. The number of aromatic amines is 1. The standard InChI is InChI=1S/C16H23N3/c1-3-12-6-5-7-15-13(8-18-16(12)15)11-19(4-2)14-9-17-10-14/h5-8,14,17-18H,3-4,9-11H2,1-2H3. The van der Waals surface area contributed by atoms with Crippen LogP contribution < -0.4 is 5.32 Å². The summed E-state index contributed by atoms with van der Waals surface area (Å²) in [6.07, 6.45) is 3.28. The topological polar surface area (TPSA) is 31.1 Å². The van der Waals surface area contributed by atoms with Gasteiger partial charge in [-0.15, -0.1) is 0 Å². The number of benzene rings is 1. The van der Waals surface area contributed by atoms with Crippen LogP contribution in [0.2, 0.25) is 0 Å². The van der Waals surface area contributed by atoms with Crippen LogP contribution in [0, 0.1) is 0 Å². The molecule has 102 valence electrons. The molecule has 1 fully saturated rings. The Bertz CT molecular complexity index is 554. The van der Waals surface area contributed by atoms with Gasteiger partial charge in [-0.1, -0.05) is 32.0 Å². The third-order valence-electron chi connectivity index (χ3n) is 4.32. The highest BCUT2D eigenvalue weighted by Crippen LogP contribution is 2.24. The molecular formula is C16H23N3. The van der Waals surface area contributed by atoms with E-state index < -0.39 is 0 Å². The average molecular weight is 257 g/mol. The molecule has 1 aliphatic rings. The van der Waals surface area contributed by atoms with Gasteiger partial charge in [0.1, 0.15) is 0 Å². The molecule has 0 unspecified atom stereocenters. The number of nitrogens with one attached hydrogen (secondary N) is 2. The maximum Gasteiger partial charge on any atom is 0.0489 e. The Labute approximate surface area is 115 Å². The van der Waals surface area contributed by atoms with Crippen LogP contribution in [-0.4, -0.2) is 35.6 Å². The van der Waals surface area contributed by atoms with Gasteiger partial charge >= 0.3 is 0 Å². The molecule has 3 rings (SSSR count). The normalized spacial score (nSPS) is 16.2. The van der Waals surface area contributed by atoms with E-state index in [9.17, 15) is 0 Å². The van der Waals surface area contributed by atoms with Crippen molar-refractivity contribution in [2.24, 2.45) is 0 Å².